The van der Waals surface area contributed by atoms with E-state index in [1.165, 1.54) is 25.3 Å². The first-order chi connectivity index (χ1) is 14.4. The number of nitrogens with one attached hydrogen (secondary N) is 3. The monoisotopic (exact) mass is 407 g/mol. The van der Waals surface area contributed by atoms with E-state index < -0.39 is 11.8 Å². The minimum atomic E-state index is -0.463. The standard InChI is InChI=1S/C21H18FN5O3/c1-12(28)23-15-6-8-16(9-7-15)24-20(29)18-11-27-10-17(26-21(30)19(27)25-18)13-2-4-14(22)5-3-13/h2-9,11,17H,10H2,1H3,(H,23,28)(H,24,29)(H,26,30). The number of fused-ring (bicyclic) bond motifs is 1. The molecule has 0 radical (unpaired) electrons. The minimum Gasteiger partial charge on any atom is -0.341 e. The quantitative estimate of drug-likeness (QED) is 0.618. The van der Waals surface area contributed by atoms with E-state index in [2.05, 4.69) is 20.9 Å². The number of imidazole rings is 1. The van der Waals surface area contributed by atoms with Crippen LogP contribution in [0.15, 0.2) is 54.7 Å². The van der Waals surface area contributed by atoms with E-state index in [0.29, 0.717) is 17.9 Å². The summed E-state index contributed by atoms with van der Waals surface area (Å²) in [5.41, 5.74) is 2.00. The molecule has 1 aliphatic rings. The van der Waals surface area contributed by atoms with Crippen LogP contribution in [0.1, 0.15) is 39.6 Å². The van der Waals surface area contributed by atoms with Gasteiger partial charge in [-0.1, -0.05) is 12.1 Å². The molecule has 1 atom stereocenters. The second-order valence-electron chi connectivity index (χ2n) is 6.89. The molecule has 1 aliphatic heterocycles. The number of hydrogen-bond acceptors (Lipinski definition) is 4. The number of carbonyl (C=O) groups is 3. The lowest BCUT2D eigenvalue weighted by Crippen LogP contribution is -2.38. The number of amides is 3. The van der Waals surface area contributed by atoms with Crippen molar-refractivity contribution in [3.05, 3.63) is 77.6 Å². The summed E-state index contributed by atoms with van der Waals surface area (Å²) in [4.78, 5) is 40.2. The van der Waals surface area contributed by atoms with E-state index in [1.54, 1.807) is 41.0 Å². The van der Waals surface area contributed by atoms with Crippen molar-refractivity contribution < 1.29 is 18.8 Å². The molecule has 2 aromatic carbocycles. The van der Waals surface area contributed by atoms with Gasteiger partial charge in [-0.25, -0.2) is 9.37 Å². The van der Waals surface area contributed by atoms with E-state index >= 15 is 0 Å². The van der Waals surface area contributed by atoms with Crippen molar-refractivity contribution in [3.8, 4) is 0 Å². The minimum absolute atomic E-state index is 0.103. The highest BCUT2D eigenvalue weighted by Crippen LogP contribution is 2.22. The molecule has 0 saturated carbocycles. The Labute approximate surface area is 171 Å². The summed E-state index contributed by atoms with van der Waals surface area (Å²) in [6.07, 6.45) is 1.52. The Morgan fingerprint density at radius 3 is 2.33 bits per heavy atom. The van der Waals surface area contributed by atoms with E-state index in [-0.39, 0.29) is 29.3 Å². The van der Waals surface area contributed by atoms with Gasteiger partial charge in [-0.15, -0.1) is 0 Å². The third-order valence-electron chi connectivity index (χ3n) is 4.63. The largest absolute Gasteiger partial charge is 0.341 e. The van der Waals surface area contributed by atoms with Crippen molar-refractivity contribution in [2.45, 2.75) is 19.5 Å². The Balaban J connectivity index is 1.48. The molecule has 0 fully saturated rings. The van der Waals surface area contributed by atoms with Crippen LogP contribution in [0.4, 0.5) is 15.8 Å². The molecule has 3 amide bonds. The fraction of sp³-hybridized carbons (Fsp3) is 0.143. The van der Waals surface area contributed by atoms with Crippen molar-refractivity contribution in [3.63, 3.8) is 0 Å². The Bertz CT molecular complexity index is 1120. The molecule has 0 bridgehead atoms. The van der Waals surface area contributed by atoms with Gasteiger partial charge in [-0.3, -0.25) is 14.4 Å². The molecule has 8 nitrogen and oxygen atoms in total. The Morgan fingerprint density at radius 1 is 1.07 bits per heavy atom. The molecule has 3 aromatic rings. The fourth-order valence-corrected chi connectivity index (χ4v) is 3.23. The molecule has 0 aliphatic carbocycles. The van der Waals surface area contributed by atoms with Gasteiger partial charge in [0.25, 0.3) is 11.8 Å². The van der Waals surface area contributed by atoms with Crippen LogP contribution in [0.2, 0.25) is 0 Å². The highest BCUT2D eigenvalue weighted by Gasteiger charge is 2.28. The summed E-state index contributed by atoms with van der Waals surface area (Å²) >= 11 is 0. The summed E-state index contributed by atoms with van der Waals surface area (Å²) in [5.74, 6) is -1.27. The zero-order valence-electron chi connectivity index (χ0n) is 16.0. The summed E-state index contributed by atoms with van der Waals surface area (Å²) in [5, 5.41) is 8.18. The maximum atomic E-state index is 13.2. The lowest BCUT2D eigenvalue weighted by Gasteiger charge is -2.25. The van der Waals surface area contributed by atoms with Crippen LogP contribution >= 0.6 is 0 Å². The van der Waals surface area contributed by atoms with E-state index in [0.717, 1.165) is 5.56 Å². The Hall–Kier alpha value is -4.01. The molecule has 0 spiro atoms. The highest BCUT2D eigenvalue weighted by atomic mass is 19.1. The molecule has 1 unspecified atom stereocenters. The lowest BCUT2D eigenvalue weighted by molar-refractivity contribution is -0.114. The van der Waals surface area contributed by atoms with Gasteiger partial charge in [-0.2, -0.15) is 0 Å². The summed E-state index contributed by atoms with van der Waals surface area (Å²) in [6.45, 7) is 1.78. The number of anilines is 2. The normalized spacial score (nSPS) is 15.1. The van der Waals surface area contributed by atoms with Crippen LogP contribution in [0.5, 0.6) is 0 Å². The second kappa shape index (κ2) is 7.78. The first-order valence-electron chi connectivity index (χ1n) is 9.21. The Kier molecular flexibility index (Phi) is 5.01. The molecular weight excluding hydrogens is 389 g/mol. The van der Waals surface area contributed by atoms with Crippen molar-refractivity contribution >= 4 is 29.1 Å². The van der Waals surface area contributed by atoms with Crippen LogP contribution in [-0.4, -0.2) is 27.3 Å². The average Bonchev–Trinajstić information content (AvgIpc) is 3.15. The van der Waals surface area contributed by atoms with Gasteiger partial charge in [0, 0.05) is 31.0 Å². The fourth-order valence-electron chi connectivity index (χ4n) is 3.23. The molecule has 1 aromatic heterocycles. The number of hydrogen-bond donors (Lipinski definition) is 3. The van der Waals surface area contributed by atoms with Gasteiger partial charge in [0.15, 0.2) is 5.82 Å². The molecule has 4 rings (SSSR count). The first-order valence-corrected chi connectivity index (χ1v) is 9.21. The van der Waals surface area contributed by atoms with Crippen LogP contribution < -0.4 is 16.0 Å². The number of aromatic nitrogens is 2. The molecule has 152 valence electrons. The van der Waals surface area contributed by atoms with Gasteiger partial charge in [-0.05, 0) is 42.0 Å². The van der Waals surface area contributed by atoms with Crippen LogP contribution in [0, 0.1) is 5.82 Å². The maximum absolute atomic E-state index is 13.2. The Morgan fingerprint density at radius 2 is 1.70 bits per heavy atom. The lowest BCUT2D eigenvalue weighted by atomic mass is 10.1. The molecule has 0 saturated heterocycles. The number of halogens is 1. The van der Waals surface area contributed by atoms with Gasteiger partial charge in [0.1, 0.15) is 11.5 Å². The van der Waals surface area contributed by atoms with Gasteiger partial charge < -0.3 is 20.5 Å². The second-order valence-corrected chi connectivity index (χ2v) is 6.89. The van der Waals surface area contributed by atoms with Gasteiger partial charge in [0.2, 0.25) is 5.91 Å². The van der Waals surface area contributed by atoms with Crippen LogP contribution in [0.3, 0.4) is 0 Å². The van der Waals surface area contributed by atoms with Gasteiger partial charge in [0.05, 0.1) is 6.04 Å². The maximum Gasteiger partial charge on any atom is 0.287 e. The zero-order chi connectivity index (χ0) is 21.3. The van der Waals surface area contributed by atoms with Crippen molar-refractivity contribution in [1.82, 2.24) is 14.9 Å². The summed E-state index contributed by atoms with van der Waals surface area (Å²) in [6, 6.07) is 12.2. The predicted octanol–water partition coefficient (Wildman–Crippen LogP) is 2.72. The summed E-state index contributed by atoms with van der Waals surface area (Å²) < 4.78 is 14.8. The third-order valence-corrected chi connectivity index (χ3v) is 4.63. The molecule has 9 heteroatoms. The SMILES string of the molecule is CC(=O)Nc1ccc(NC(=O)c2cn3c(n2)C(=O)NC(c2ccc(F)cc2)C3)cc1. The molecule has 30 heavy (non-hydrogen) atoms. The topological polar surface area (TPSA) is 105 Å². The molecular formula is C21H18FN5O3. The highest BCUT2D eigenvalue weighted by molar-refractivity contribution is 6.04. The van der Waals surface area contributed by atoms with E-state index in [4.69, 9.17) is 0 Å². The molecule has 2 heterocycles. The number of benzene rings is 2. The molecule has 3 N–H and O–H groups in total. The first kappa shape index (κ1) is 19.3. The van der Waals surface area contributed by atoms with E-state index in [9.17, 15) is 18.8 Å². The predicted molar refractivity (Wildman–Crippen MR) is 108 cm³/mol. The van der Waals surface area contributed by atoms with Gasteiger partial charge >= 0.3 is 0 Å². The summed E-state index contributed by atoms with van der Waals surface area (Å²) in [7, 11) is 0. The third kappa shape index (κ3) is 4.04. The van der Waals surface area contributed by atoms with Crippen molar-refractivity contribution in [1.29, 1.82) is 0 Å². The average molecular weight is 407 g/mol. The van der Waals surface area contributed by atoms with Crippen LogP contribution in [0.25, 0.3) is 0 Å². The van der Waals surface area contributed by atoms with E-state index in [1.807, 2.05) is 0 Å². The number of nitrogens with zero attached hydrogens (tertiary/aromatic N) is 2. The van der Waals surface area contributed by atoms with Crippen LogP contribution in [-0.2, 0) is 11.3 Å². The van der Waals surface area contributed by atoms with Crippen molar-refractivity contribution in [2.75, 3.05) is 10.6 Å². The number of rotatable bonds is 4. The smallest absolute Gasteiger partial charge is 0.287 e. The number of carbonyl (C=O) groups excluding carboxylic acids is 3. The van der Waals surface area contributed by atoms with Crippen molar-refractivity contribution in [2.24, 2.45) is 0 Å². The zero-order valence-corrected chi connectivity index (χ0v) is 16.0.